The van der Waals surface area contributed by atoms with Crippen molar-refractivity contribution in [1.29, 1.82) is 0 Å². The Balaban J connectivity index is 2.30. The fourth-order valence-electron chi connectivity index (χ4n) is 2.12. The van der Waals surface area contributed by atoms with Gasteiger partial charge in [0, 0.05) is 0 Å². The molecule has 9 heteroatoms. The Morgan fingerprint density at radius 3 is 2.55 bits per heavy atom. The summed E-state index contributed by atoms with van der Waals surface area (Å²) in [7, 11) is -4.20. The molecule has 0 spiro atoms. The molecule has 3 rings (SSSR count). The number of rotatable bonds is 1. The maximum absolute atomic E-state index is 13.6. The largest absolute Gasteiger partial charge is 0.340 e. The Kier molecular flexibility index (Phi) is 3.30. The summed E-state index contributed by atoms with van der Waals surface area (Å²) in [6, 6.07) is 5.59. The summed E-state index contributed by atoms with van der Waals surface area (Å²) >= 11 is 5.84. The number of fused-ring (bicyclic) bond motifs is 1. The first-order valence-corrected chi connectivity index (χ1v) is 7.78. The van der Waals surface area contributed by atoms with E-state index in [1.807, 2.05) is 0 Å². The number of anilines is 2. The number of carbonyl (C=O) groups is 1. The van der Waals surface area contributed by atoms with Gasteiger partial charge in [-0.25, -0.2) is 26.7 Å². The molecule has 0 aliphatic carbocycles. The summed E-state index contributed by atoms with van der Waals surface area (Å²) in [4.78, 5) is 12.5. The summed E-state index contributed by atoms with van der Waals surface area (Å²) in [6.45, 7) is 0. The topological polar surface area (TPSA) is 66.5 Å². The molecule has 0 fully saturated rings. The van der Waals surface area contributed by atoms with E-state index in [9.17, 15) is 22.0 Å². The predicted molar refractivity (Wildman–Crippen MR) is 75.7 cm³/mol. The smallest absolute Gasteiger partial charge is 0.259 e. The molecule has 0 aromatic heterocycles. The van der Waals surface area contributed by atoms with E-state index in [4.69, 9.17) is 11.6 Å². The molecule has 1 N–H and O–H groups in total. The lowest BCUT2D eigenvalue weighted by molar-refractivity contribution is 0.252. The van der Waals surface area contributed by atoms with Crippen LogP contribution in [0.5, 0.6) is 0 Å². The van der Waals surface area contributed by atoms with Crippen molar-refractivity contribution in [3.8, 4) is 0 Å². The molecular weight excluding hydrogens is 338 g/mol. The van der Waals surface area contributed by atoms with Gasteiger partial charge in [0.2, 0.25) is 0 Å². The van der Waals surface area contributed by atoms with E-state index in [1.54, 1.807) is 4.72 Å². The van der Waals surface area contributed by atoms with Gasteiger partial charge < -0.3 is 0 Å². The molecule has 0 radical (unpaired) electrons. The van der Waals surface area contributed by atoms with E-state index >= 15 is 0 Å². The molecule has 0 atom stereocenters. The highest BCUT2D eigenvalue weighted by Gasteiger charge is 2.36. The SMILES string of the molecule is O=C1NS(=O)(=O)c2cc(F)ccc2N1c1cccc(F)c1Cl. The van der Waals surface area contributed by atoms with Crippen molar-refractivity contribution in [3.63, 3.8) is 0 Å². The molecule has 0 saturated heterocycles. The molecule has 1 aliphatic rings. The van der Waals surface area contributed by atoms with Crippen LogP contribution in [0.4, 0.5) is 25.0 Å². The van der Waals surface area contributed by atoms with Gasteiger partial charge >= 0.3 is 6.03 Å². The lowest BCUT2D eigenvalue weighted by atomic mass is 10.2. The van der Waals surface area contributed by atoms with Crippen molar-refractivity contribution < 1.29 is 22.0 Å². The first-order valence-electron chi connectivity index (χ1n) is 5.92. The second-order valence-electron chi connectivity index (χ2n) is 4.43. The van der Waals surface area contributed by atoms with Crippen molar-refractivity contribution >= 4 is 39.0 Å². The number of urea groups is 1. The van der Waals surface area contributed by atoms with Crippen LogP contribution in [0.15, 0.2) is 41.3 Å². The monoisotopic (exact) mass is 344 g/mol. The lowest BCUT2D eigenvalue weighted by Crippen LogP contribution is -2.45. The molecule has 1 heterocycles. The summed E-state index contributed by atoms with van der Waals surface area (Å²) < 4.78 is 52.5. The van der Waals surface area contributed by atoms with Crippen molar-refractivity contribution in [2.24, 2.45) is 0 Å². The Morgan fingerprint density at radius 2 is 1.82 bits per heavy atom. The fraction of sp³-hybridized carbons (Fsp3) is 0. The maximum atomic E-state index is 13.6. The van der Waals surface area contributed by atoms with E-state index in [2.05, 4.69) is 0 Å². The molecular formula is C13H7ClF2N2O3S. The minimum absolute atomic E-state index is 0.0538. The highest BCUT2D eigenvalue weighted by molar-refractivity contribution is 7.90. The Bertz CT molecular complexity index is 902. The third-order valence-electron chi connectivity index (χ3n) is 3.05. The minimum atomic E-state index is -4.20. The molecule has 114 valence electrons. The lowest BCUT2D eigenvalue weighted by Gasteiger charge is -2.30. The van der Waals surface area contributed by atoms with Gasteiger partial charge in [-0.2, -0.15) is 0 Å². The van der Waals surface area contributed by atoms with Crippen LogP contribution in [-0.4, -0.2) is 14.4 Å². The van der Waals surface area contributed by atoms with Crippen molar-refractivity contribution in [1.82, 2.24) is 4.72 Å². The zero-order valence-electron chi connectivity index (χ0n) is 10.7. The highest BCUT2D eigenvalue weighted by Crippen LogP contribution is 2.39. The van der Waals surface area contributed by atoms with Crippen molar-refractivity contribution in [3.05, 3.63) is 53.1 Å². The third-order valence-corrected chi connectivity index (χ3v) is 4.77. The summed E-state index contributed by atoms with van der Waals surface area (Å²) in [5.74, 6) is -1.56. The Labute approximate surface area is 129 Å². The number of nitrogens with zero attached hydrogens (tertiary/aromatic N) is 1. The van der Waals surface area contributed by atoms with Gasteiger partial charge in [0.1, 0.15) is 21.6 Å². The molecule has 1 aliphatic heterocycles. The number of amides is 2. The molecule has 0 saturated carbocycles. The summed E-state index contributed by atoms with van der Waals surface area (Å²) in [5, 5.41) is -0.354. The van der Waals surface area contributed by atoms with Gasteiger partial charge in [-0.05, 0) is 30.3 Å². The van der Waals surface area contributed by atoms with Gasteiger partial charge in [0.15, 0.2) is 0 Å². The maximum Gasteiger partial charge on any atom is 0.340 e. The van der Waals surface area contributed by atoms with Crippen LogP contribution < -0.4 is 9.62 Å². The Hall–Kier alpha value is -2.19. The first-order chi connectivity index (χ1) is 10.3. The van der Waals surface area contributed by atoms with Crippen molar-refractivity contribution in [2.75, 3.05) is 4.90 Å². The van der Waals surface area contributed by atoms with E-state index < -0.39 is 32.6 Å². The van der Waals surface area contributed by atoms with E-state index in [0.717, 1.165) is 29.2 Å². The van der Waals surface area contributed by atoms with Crippen LogP contribution in [-0.2, 0) is 10.0 Å². The Morgan fingerprint density at radius 1 is 1.09 bits per heavy atom. The average molecular weight is 345 g/mol. The second-order valence-corrected chi connectivity index (χ2v) is 6.46. The number of carbonyl (C=O) groups excluding carboxylic acids is 1. The zero-order chi connectivity index (χ0) is 16.1. The van der Waals surface area contributed by atoms with Crippen molar-refractivity contribution in [2.45, 2.75) is 4.90 Å². The molecule has 0 unspecified atom stereocenters. The number of hydrogen-bond donors (Lipinski definition) is 1. The molecule has 22 heavy (non-hydrogen) atoms. The average Bonchev–Trinajstić information content (AvgIpc) is 2.43. The summed E-state index contributed by atoms with van der Waals surface area (Å²) in [5.41, 5.74) is -0.167. The van der Waals surface area contributed by atoms with Gasteiger partial charge in [-0.1, -0.05) is 17.7 Å². The van der Waals surface area contributed by atoms with Crippen LogP contribution in [0, 0.1) is 11.6 Å². The highest BCUT2D eigenvalue weighted by atomic mass is 35.5. The number of halogens is 3. The van der Waals surface area contributed by atoms with E-state index in [-0.39, 0.29) is 16.4 Å². The molecule has 5 nitrogen and oxygen atoms in total. The number of sulfonamides is 1. The minimum Gasteiger partial charge on any atom is -0.259 e. The van der Waals surface area contributed by atoms with E-state index in [0.29, 0.717) is 0 Å². The second kappa shape index (κ2) is 4.92. The molecule has 0 bridgehead atoms. The summed E-state index contributed by atoms with van der Waals surface area (Å²) in [6.07, 6.45) is 0. The molecule has 2 aromatic rings. The van der Waals surface area contributed by atoms with Crippen LogP contribution in [0.25, 0.3) is 0 Å². The van der Waals surface area contributed by atoms with Gasteiger partial charge in [0.05, 0.1) is 11.4 Å². The quantitative estimate of drug-likeness (QED) is 0.864. The first kappa shape index (κ1) is 14.7. The molecule has 2 aromatic carbocycles. The number of benzene rings is 2. The van der Waals surface area contributed by atoms with Crippen LogP contribution in [0.2, 0.25) is 5.02 Å². The normalized spacial score (nSPS) is 16.1. The van der Waals surface area contributed by atoms with Crippen LogP contribution in [0.1, 0.15) is 0 Å². The van der Waals surface area contributed by atoms with Crippen LogP contribution >= 0.6 is 11.6 Å². The standard InChI is InChI=1S/C13H7ClF2N2O3S/c14-12-8(16)2-1-3-10(12)18-9-5-4-7(15)6-11(9)22(20,21)17-13(18)19/h1-6H,(H,17,19). The third kappa shape index (κ3) is 2.20. The zero-order valence-corrected chi connectivity index (χ0v) is 12.3. The van der Waals surface area contributed by atoms with E-state index in [1.165, 1.54) is 12.1 Å². The predicted octanol–water partition coefficient (Wildman–Crippen LogP) is 3.17. The van der Waals surface area contributed by atoms with Crippen LogP contribution in [0.3, 0.4) is 0 Å². The molecule has 2 amide bonds. The fourth-order valence-corrected chi connectivity index (χ4v) is 3.46. The van der Waals surface area contributed by atoms with Gasteiger partial charge in [-0.3, -0.25) is 4.90 Å². The number of nitrogens with one attached hydrogen (secondary N) is 1. The number of hydrogen-bond acceptors (Lipinski definition) is 3. The van der Waals surface area contributed by atoms with Gasteiger partial charge in [0.25, 0.3) is 10.0 Å². The van der Waals surface area contributed by atoms with Gasteiger partial charge in [-0.15, -0.1) is 0 Å².